The molecule has 2 aromatic rings. The van der Waals surface area contributed by atoms with Crippen LogP contribution in [0.1, 0.15) is 27.0 Å². The minimum absolute atomic E-state index is 0.0364. The molecule has 1 fully saturated rings. The zero-order valence-corrected chi connectivity index (χ0v) is 19.8. The number of ether oxygens (including phenoxy) is 2. The van der Waals surface area contributed by atoms with Gasteiger partial charge >= 0.3 is 14.1 Å². The van der Waals surface area contributed by atoms with E-state index in [1.807, 2.05) is 0 Å². The Labute approximate surface area is 190 Å². The van der Waals surface area contributed by atoms with Crippen LogP contribution >= 0.6 is 8.18 Å². The number of rotatable bonds is 9. The summed E-state index contributed by atoms with van der Waals surface area (Å²) in [5, 5.41) is 13.0. The van der Waals surface area contributed by atoms with Gasteiger partial charge in [-0.05, 0) is 25.3 Å². The second kappa shape index (κ2) is 9.77. The van der Waals surface area contributed by atoms with Crippen LogP contribution in [0, 0.1) is 0 Å². The first-order chi connectivity index (χ1) is 15.5. The number of hydrogen-bond acceptors (Lipinski definition) is 11. The number of nitrogens with one attached hydrogen (secondary N) is 1. The number of anilines is 2. The molecule has 1 aliphatic heterocycles. The van der Waals surface area contributed by atoms with Crippen LogP contribution in [-0.2, 0) is 23.4 Å². The van der Waals surface area contributed by atoms with Gasteiger partial charge in [0.05, 0.1) is 12.9 Å². The molecular weight excluding hydrogens is 460 g/mol. The van der Waals surface area contributed by atoms with Crippen molar-refractivity contribution in [1.82, 2.24) is 24.6 Å². The van der Waals surface area contributed by atoms with Crippen LogP contribution in [0.25, 0.3) is 11.2 Å². The number of esters is 1. The van der Waals surface area contributed by atoms with Gasteiger partial charge in [0, 0.05) is 14.1 Å². The number of nitrogens with two attached hydrogens (primary N) is 1. The van der Waals surface area contributed by atoms with Crippen molar-refractivity contribution in [3.05, 3.63) is 6.33 Å². The monoisotopic (exact) mass is 488 g/mol. The Hall–Kier alpha value is -2.51. The number of aromatic nitrogens is 4. The highest BCUT2D eigenvalue weighted by atomic mass is 31.1. The van der Waals surface area contributed by atoms with E-state index in [1.54, 1.807) is 25.9 Å². The van der Waals surface area contributed by atoms with Gasteiger partial charge in [0.25, 0.3) is 0 Å². The van der Waals surface area contributed by atoms with Crippen molar-refractivity contribution >= 4 is 37.1 Å². The van der Waals surface area contributed by atoms with Gasteiger partial charge in [-0.15, -0.1) is 4.52 Å². The molecule has 2 aromatic heterocycles. The first-order valence-electron chi connectivity index (χ1n) is 10.2. The van der Waals surface area contributed by atoms with Gasteiger partial charge in [0.2, 0.25) is 5.95 Å². The standard InChI is InChI=1S/C18H28FN7O6P/c1-6-30-15(28)9(2)24-33(29)31-7-10-12(27)18(3,19)16(32-10)26-8-21-11-13(25(4)5)22-17(20)23-14(11)26/h8-10,12,16,27H,6-7H2,1-5H3,(H,24,29)(H2,20,22,23)/q+1/t9-,10-,12-,16-,18-/m1/s1. The molecule has 4 N–H and O–H groups in total. The summed E-state index contributed by atoms with van der Waals surface area (Å²) >= 11 is 0. The molecule has 0 radical (unpaired) electrons. The van der Waals surface area contributed by atoms with Crippen LogP contribution in [0.3, 0.4) is 0 Å². The molecule has 0 amide bonds. The van der Waals surface area contributed by atoms with Crippen LogP contribution in [0.5, 0.6) is 0 Å². The predicted molar refractivity (Wildman–Crippen MR) is 116 cm³/mol. The fourth-order valence-corrected chi connectivity index (χ4v) is 4.19. The Morgan fingerprint density at radius 2 is 2.21 bits per heavy atom. The highest BCUT2D eigenvalue weighted by Gasteiger charge is 2.56. The lowest BCUT2D eigenvalue weighted by Gasteiger charge is -2.24. The lowest BCUT2D eigenvalue weighted by atomic mass is 9.98. The van der Waals surface area contributed by atoms with Gasteiger partial charge in [-0.1, -0.05) is 5.09 Å². The molecule has 0 saturated carbocycles. The van der Waals surface area contributed by atoms with E-state index in [1.165, 1.54) is 24.7 Å². The zero-order chi connectivity index (χ0) is 24.5. The second-order valence-corrected chi connectivity index (χ2v) is 8.93. The number of nitrogens with zero attached hydrogens (tertiary/aromatic N) is 5. The minimum Gasteiger partial charge on any atom is -0.465 e. The number of hydrogen-bond donors (Lipinski definition) is 3. The van der Waals surface area contributed by atoms with E-state index in [4.69, 9.17) is 19.7 Å². The number of aliphatic hydroxyl groups excluding tert-OH is 1. The largest absolute Gasteiger partial charge is 0.613 e. The Kier molecular flexibility index (Phi) is 7.44. The molecule has 0 bridgehead atoms. The molecule has 33 heavy (non-hydrogen) atoms. The van der Waals surface area contributed by atoms with Gasteiger partial charge in [-0.2, -0.15) is 9.97 Å². The van der Waals surface area contributed by atoms with Gasteiger partial charge in [0.15, 0.2) is 28.9 Å². The topological polar surface area (TPSA) is 167 Å². The molecule has 1 saturated heterocycles. The predicted octanol–water partition coefficient (Wildman–Crippen LogP) is 0.676. The third-order valence-electron chi connectivity index (χ3n) is 5.11. The van der Waals surface area contributed by atoms with E-state index in [0.29, 0.717) is 11.3 Å². The summed E-state index contributed by atoms with van der Waals surface area (Å²) < 4.78 is 44.8. The number of carbonyl (C=O) groups excluding carboxylic acids is 1. The fraction of sp³-hybridized carbons (Fsp3) is 0.667. The lowest BCUT2D eigenvalue weighted by Crippen LogP contribution is -2.40. The Morgan fingerprint density at radius 1 is 1.52 bits per heavy atom. The van der Waals surface area contributed by atoms with Crippen molar-refractivity contribution < 1.29 is 32.9 Å². The molecule has 3 rings (SSSR count). The summed E-state index contributed by atoms with van der Waals surface area (Å²) in [6.45, 7) is 4.06. The molecule has 3 heterocycles. The molecule has 0 aliphatic carbocycles. The minimum atomic E-state index is -2.51. The quantitative estimate of drug-likeness (QED) is 0.334. The summed E-state index contributed by atoms with van der Waals surface area (Å²) in [7, 11) is 0.992. The van der Waals surface area contributed by atoms with Crippen molar-refractivity contribution in [3.8, 4) is 0 Å². The number of halogens is 1. The Balaban J connectivity index is 1.75. The summed E-state index contributed by atoms with van der Waals surface area (Å²) in [5.41, 5.74) is 4.14. The van der Waals surface area contributed by atoms with Crippen molar-refractivity contribution in [1.29, 1.82) is 0 Å². The third-order valence-corrected chi connectivity index (χ3v) is 6.09. The average Bonchev–Trinajstić information content (AvgIpc) is 3.24. The van der Waals surface area contributed by atoms with Crippen LogP contribution in [-0.4, -0.2) is 81.8 Å². The normalized spacial score (nSPS) is 26.4. The van der Waals surface area contributed by atoms with Crippen LogP contribution in [0.2, 0.25) is 0 Å². The van der Waals surface area contributed by atoms with Crippen molar-refractivity contribution in [2.75, 3.05) is 37.9 Å². The summed E-state index contributed by atoms with van der Waals surface area (Å²) in [6, 6.07) is -0.879. The molecule has 0 spiro atoms. The Bertz CT molecular complexity index is 1040. The van der Waals surface area contributed by atoms with E-state index in [9.17, 15) is 14.5 Å². The molecular formula is C18H28FN7O6P+. The van der Waals surface area contributed by atoms with Gasteiger partial charge in [-0.25, -0.2) is 9.37 Å². The third kappa shape index (κ3) is 5.04. The maximum atomic E-state index is 15.6. The van der Waals surface area contributed by atoms with E-state index in [2.05, 4.69) is 20.0 Å². The highest BCUT2D eigenvalue weighted by molar-refractivity contribution is 7.36. The zero-order valence-electron chi connectivity index (χ0n) is 18.9. The van der Waals surface area contributed by atoms with E-state index >= 15 is 4.39 Å². The van der Waals surface area contributed by atoms with Crippen molar-refractivity contribution in [3.63, 3.8) is 0 Å². The number of aliphatic hydroxyl groups is 1. The van der Waals surface area contributed by atoms with E-state index < -0.39 is 50.9 Å². The SMILES string of the molecule is CCOC(=O)[C@@H](C)N[P+](=O)OC[C@H]1O[C@@H](n2cnc3c(N(C)C)nc(N)nc32)[C@](C)(F)[C@@H]1O. The molecule has 0 aromatic carbocycles. The maximum Gasteiger partial charge on any atom is 0.613 e. The van der Waals surface area contributed by atoms with Gasteiger partial charge in [0.1, 0.15) is 24.9 Å². The van der Waals surface area contributed by atoms with Gasteiger partial charge < -0.3 is 25.2 Å². The van der Waals surface area contributed by atoms with Gasteiger partial charge in [-0.3, -0.25) is 9.36 Å². The maximum absolute atomic E-state index is 15.6. The van der Waals surface area contributed by atoms with Crippen LogP contribution < -0.4 is 15.7 Å². The lowest BCUT2D eigenvalue weighted by molar-refractivity contribution is -0.144. The molecule has 182 valence electrons. The molecule has 15 heteroatoms. The van der Waals surface area contributed by atoms with E-state index in [-0.39, 0.29) is 18.2 Å². The number of fused-ring (bicyclic) bond motifs is 1. The van der Waals surface area contributed by atoms with Crippen LogP contribution in [0.4, 0.5) is 16.2 Å². The Morgan fingerprint density at radius 3 is 2.85 bits per heavy atom. The van der Waals surface area contributed by atoms with E-state index in [0.717, 1.165) is 0 Å². The first kappa shape index (κ1) is 25.1. The first-order valence-corrected chi connectivity index (χ1v) is 11.4. The molecule has 6 atom stereocenters. The number of carbonyl (C=O) groups is 1. The van der Waals surface area contributed by atoms with Crippen molar-refractivity contribution in [2.24, 2.45) is 0 Å². The summed E-state index contributed by atoms with van der Waals surface area (Å²) in [4.78, 5) is 25.9. The molecule has 13 nitrogen and oxygen atoms in total. The number of alkyl halides is 1. The highest BCUT2D eigenvalue weighted by Crippen LogP contribution is 2.43. The number of imidazole rings is 1. The summed E-state index contributed by atoms with van der Waals surface area (Å²) in [5.74, 6) is -0.192. The van der Waals surface area contributed by atoms with Crippen LogP contribution in [0.15, 0.2) is 6.33 Å². The molecule has 1 unspecified atom stereocenters. The summed E-state index contributed by atoms with van der Waals surface area (Å²) in [6.07, 6.45) is -2.76. The smallest absolute Gasteiger partial charge is 0.465 e. The second-order valence-electron chi connectivity index (χ2n) is 7.90. The average molecular weight is 488 g/mol. The number of nitrogen functional groups attached to an aromatic ring is 1. The molecule has 1 aliphatic rings. The fourth-order valence-electron chi connectivity index (χ4n) is 3.41. The van der Waals surface area contributed by atoms with Crippen molar-refractivity contribution in [2.45, 2.75) is 50.9 Å².